The molecule has 0 unspecified atom stereocenters. The average Bonchev–Trinajstić information content (AvgIpc) is 2.36. The normalized spacial score (nSPS) is 22.9. The third-order valence-corrected chi connectivity index (χ3v) is 2.50. The monoisotopic (exact) mass is 142 g/mol. The van der Waals surface area contributed by atoms with Crippen molar-refractivity contribution >= 4 is 5.97 Å². The Morgan fingerprint density at radius 1 is 1.50 bits per heavy atom. The van der Waals surface area contributed by atoms with Gasteiger partial charge in [-0.15, -0.1) is 0 Å². The van der Waals surface area contributed by atoms with Crippen LogP contribution in [0.1, 0.15) is 32.6 Å². The summed E-state index contributed by atoms with van der Waals surface area (Å²) in [6.45, 7) is 1.82. The highest BCUT2D eigenvalue weighted by molar-refractivity contribution is 5.69. The molecule has 0 bridgehead atoms. The number of hydrogen-bond donors (Lipinski definition) is 1. The van der Waals surface area contributed by atoms with Gasteiger partial charge in [-0.1, -0.05) is 19.8 Å². The molecule has 0 aromatic heterocycles. The van der Waals surface area contributed by atoms with Crippen LogP contribution in [0, 0.1) is 11.8 Å². The van der Waals surface area contributed by atoms with E-state index in [2.05, 4.69) is 0 Å². The van der Waals surface area contributed by atoms with Crippen molar-refractivity contribution < 1.29 is 9.90 Å². The fraction of sp³-hybridized carbons (Fsp3) is 0.875. The number of carboxylic acid groups (broad SMARTS) is 1. The second-order valence-corrected chi connectivity index (χ2v) is 3.17. The molecule has 1 saturated carbocycles. The fourth-order valence-corrected chi connectivity index (χ4v) is 1.66. The Morgan fingerprint density at radius 3 is 2.40 bits per heavy atom. The summed E-state index contributed by atoms with van der Waals surface area (Å²) in [4.78, 5) is 10.5. The minimum atomic E-state index is -0.632. The molecular formula is C8H14O2. The van der Waals surface area contributed by atoms with Crippen molar-refractivity contribution in [2.24, 2.45) is 11.8 Å². The molecule has 1 aliphatic rings. The first-order valence-corrected chi connectivity index (χ1v) is 3.94. The largest absolute Gasteiger partial charge is 0.481 e. The molecule has 0 amide bonds. The minimum absolute atomic E-state index is 0.123. The van der Waals surface area contributed by atoms with Crippen LogP contribution in [0.4, 0.5) is 0 Å². The SMILES string of the molecule is C[C@H](C(=O)O)C1CCCC1. The van der Waals surface area contributed by atoms with Gasteiger partial charge in [0.05, 0.1) is 5.92 Å². The molecule has 2 heteroatoms. The molecule has 1 atom stereocenters. The number of hydrogen-bond acceptors (Lipinski definition) is 1. The van der Waals surface area contributed by atoms with E-state index < -0.39 is 5.97 Å². The number of carboxylic acids is 1. The Balaban J connectivity index is 2.39. The lowest BCUT2D eigenvalue weighted by atomic mass is 9.93. The number of aliphatic carboxylic acids is 1. The summed E-state index contributed by atoms with van der Waals surface area (Å²) in [5.41, 5.74) is 0. The Kier molecular flexibility index (Phi) is 2.30. The molecule has 1 N–H and O–H groups in total. The van der Waals surface area contributed by atoms with Gasteiger partial charge in [0.2, 0.25) is 0 Å². The van der Waals surface area contributed by atoms with E-state index in [-0.39, 0.29) is 5.92 Å². The molecule has 0 aromatic carbocycles. The van der Waals surface area contributed by atoms with Crippen LogP contribution in [0.5, 0.6) is 0 Å². The highest BCUT2D eigenvalue weighted by Gasteiger charge is 2.25. The smallest absolute Gasteiger partial charge is 0.306 e. The van der Waals surface area contributed by atoms with Crippen LogP contribution in [0.15, 0.2) is 0 Å². The molecule has 58 valence electrons. The predicted molar refractivity (Wildman–Crippen MR) is 38.8 cm³/mol. The summed E-state index contributed by atoms with van der Waals surface area (Å²) in [6.07, 6.45) is 4.69. The van der Waals surface area contributed by atoms with Crippen LogP contribution in [0.3, 0.4) is 0 Å². The summed E-state index contributed by atoms with van der Waals surface area (Å²) in [5, 5.41) is 8.64. The summed E-state index contributed by atoms with van der Waals surface area (Å²) in [6, 6.07) is 0. The van der Waals surface area contributed by atoms with Gasteiger partial charge in [-0.25, -0.2) is 0 Å². The van der Waals surface area contributed by atoms with Gasteiger partial charge in [-0.05, 0) is 18.8 Å². The quantitative estimate of drug-likeness (QED) is 0.639. The standard InChI is InChI=1S/C8H14O2/c1-6(8(9)10)7-4-2-3-5-7/h6-7H,2-5H2,1H3,(H,9,10)/t6-/m0/s1. The zero-order valence-electron chi connectivity index (χ0n) is 6.34. The Bertz CT molecular complexity index is 125. The van der Waals surface area contributed by atoms with E-state index in [0.717, 1.165) is 12.8 Å². The molecule has 1 fully saturated rings. The molecule has 0 radical (unpaired) electrons. The van der Waals surface area contributed by atoms with Gasteiger partial charge < -0.3 is 5.11 Å². The van der Waals surface area contributed by atoms with Gasteiger partial charge in [-0.2, -0.15) is 0 Å². The summed E-state index contributed by atoms with van der Waals surface area (Å²) in [7, 11) is 0. The number of carbonyl (C=O) groups is 1. The van der Waals surface area contributed by atoms with E-state index in [4.69, 9.17) is 5.11 Å². The van der Waals surface area contributed by atoms with Crippen LogP contribution in [0.25, 0.3) is 0 Å². The first-order valence-electron chi connectivity index (χ1n) is 3.94. The summed E-state index contributed by atoms with van der Waals surface area (Å²) < 4.78 is 0. The van der Waals surface area contributed by atoms with Crippen molar-refractivity contribution in [2.45, 2.75) is 32.6 Å². The maximum Gasteiger partial charge on any atom is 0.306 e. The van der Waals surface area contributed by atoms with Crippen LogP contribution in [-0.2, 0) is 4.79 Å². The van der Waals surface area contributed by atoms with Gasteiger partial charge in [0.25, 0.3) is 0 Å². The Morgan fingerprint density at radius 2 is 2.00 bits per heavy atom. The average molecular weight is 142 g/mol. The molecule has 1 rings (SSSR count). The van der Waals surface area contributed by atoms with Crippen LogP contribution in [-0.4, -0.2) is 11.1 Å². The van der Waals surface area contributed by atoms with Crippen molar-refractivity contribution in [3.63, 3.8) is 0 Å². The molecule has 0 spiro atoms. The third kappa shape index (κ3) is 1.49. The van der Waals surface area contributed by atoms with Crippen molar-refractivity contribution in [3.8, 4) is 0 Å². The molecule has 0 aromatic rings. The van der Waals surface area contributed by atoms with Crippen molar-refractivity contribution in [3.05, 3.63) is 0 Å². The van der Waals surface area contributed by atoms with Gasteiger partial charge in [0.15, 0.2) is 0 Å². The predicted octanol–water partition coefficient (Wildman–Crippen LogP) is 1.90. The van der Waals surface area contributed by atoms with E-state index in [1.807, 2.05) is 6.92 Å². The van der Waals surface area contributed by atoms with Crippen LogP contribution in [0.2, 0.25) is 0 Å². The Labute approximate surface area is 61.2 Å². The summed E-state index contributed by atoms with van der Waals surface area (Å²) in [5.74, 6) is -0.299. The first kappa shape index (κ1) is 7.58. The van der Waals surface area contributed by atoms with Gasteiger partial charge in [0.1, 0.15) is 0 Å². The van der Waals surface area contributed by atoms with Crippen LogP contribution < -0.4 is 0 Å². The second-order valence-electron chi connectivity index (χ2n) is 3.17. The molecule has 2 nitrogen and oxygen atoms in total. The zero-order chi connectivity index (χ0) is 7.56. The lowest BCUT2D eigenvalue weighted by molar-refractivity contribution is -0.142. The maximum atomic E-state index is 10.5. The molecule has 10 heavy (non-hydrogen) atoms. The van der Waals surface area contributed by atoms with Crippen molar-refractivity contribution in [1.29, 1.82) is 0 Å². The molecule has 1 aliphatic carbocycles. The van der Waals surface area contributed by atoms with Gasteiger partial charge in [-0.3, -0.25) is 4.79 Å². The molecule has 0 aliphatic heterocycles. The zero-order valence-corrected chi connectivity index (χ0v) is 6.34. The lowest BCUT2D eigenvalue weighted by Crippen LogP contribution is -2.17. The summed E-state index contributed by atoms with van der Waals surface area (Å²) >= 11 is 0. The van der Waals surface area contributed by atoms with Crippen LogP contribution >= 0.6 is 0 Å². The van der Waals surface area contributed by atoms with E-state index >= 15 is 0 Å². The highest BCUT2D eigenvalue weighted by atomic mass is 16.4. The first-order chi connectivity index (χ1) is 4.72. The minimum Gasteiger partial charge on any atom is -0.481 e. The van der Waals surface area contributed by atoms with E-state index in [1.165, 1.54) is 12.8 Å². The Hall–Kier alpha value is -0.530. The second kappa shape index (κ2) is 3.04. The fourth-order valence-electron chi connectivity index (χ4n) is 1.66. The molecule has 0 saturated heterocycles. The van der Waals surface area contributed by atoms with E-state index in [1.54, 1.807) is 0 Å². The number of rotatable bonds is 2. The van der Waals surface area contributed by atoms with Crippen molar-refractivity contribution in [1.82, 2.24) is 0 Å². The maximum absolute atomic E-state index is 10.5. The van der Waals surface area contributed by atoms with Gasteiger partial charge >= 0.3 is 5.97 Å². The van der Waals surface area contributed by atoms with Gasteiger partial charge in [0, 0.05) is 0 Å². The molecule has 0 heterocycles. The topological polar surface area (TPSA) is 37.3 Å². The molecular weight excluding hydrogens is 128 g/mol. The highest BCUT2D eigenvalue weighted by Crippen LogP contribution is 2.30. The third-order valence-electron chi connectivity index (χ3n) is 2.50. The van der Waals surface area contributed by atoms with Crippen molar-refractivity contribution in [2.75, 3.05) is 0 Å². The lowest BCUT2D eigenvalue weighted by Gasteiger charge is -2.12. The van der Waals surface area contributed by atoms with E-state index in [9.17, 15) is 4.79 Å². The van der Waals surface area contributed by atoms with E-state index in [0.29, 0.717) is 5.92 Å².